The first-order valence-electron chi connectivity index (χ1n) is 6.86. The summed E-state index contributed by atoms with van der Waals surface area (Å²) in [5.41, 5.74) is 4.10. The van der Waals surface area contributed by atoms with Crippen LogP contribution in [0.5, 0.6) is 11.5 Å². The zero-order chi connectivity index (χ0) is 14.7. The number of hydrogen-bond acceptors (Lipinski definition) is 3. The van der Waals surface area contributed by atoms with Crippen LogP contribution in [0.4, 0.5) is 0 Å². The Morgan fingerprint density at radius 2 is 1.95 bits per heavy atom. The fraction of sp³-hybridized carbons (Fsp3) is 0.353. The lowest BCUT2D eigenvalue weighted by atomic mass is 9.98. The molecule has 0 aliphatic carbocycles. The Bertz CT molecular complexity index is 606. The molecule has 3 heteroatoms. The minimum absolute atomic E-state index is 0.0777. The largest absolute Gasteiger partial charge is 0.457 e. The molecule has 0 fully saturated rings. The lowest BCUT2D eigenvalue weighted by Gasteiger charge is -2.14. The Hall–Kier alpha value is -1.87. The Morgan fingerprint density at radius 3 is 2.55 bits per heavy atom. The molecule has 0 radical (unpaired) electrons. The van der Waals surface area contributed by atoms with E-state index < -0.39 is 0 Å². The molecular formula is C17H21NO2. The van der Waals surface area contributed by atoms with Gasteiger partial charge in [-0.25, -0.2) is 0 Å². The Labute approximate surface area is 120 Å². The fourth-order valence-electron chi connectivity index (χ4n) is 2.26. The summed E-state index contributed by atoms with van der Waals surface area (Å²) >= 11 is 0. The molecule has 0 atom stereocenters. The fourth-order valence-corrected chi connectivity index (χ4v) is 2.26. The number of hydrogen-bond donors (Lipinski definition) is 1. The van der Waals surface area contributed by atoms with Gasteiger partial charge in [0, 0.05) is 23.5 Å². The van der Waals surface area contributed by atoms with Crippen LogP contribution in [-0.4, -0.2) is 10.1 Å². The van der Waals surface area contributed by atoms with Crippen molar-refractivity contribution in [1.82, 2.24) is 4.98 Å². The monoisotopic (exact) mass is 271 g/mol. The molecule has 1 heterocycles. The van der Waals surface area contributed by atoms with Crippen LogP contribution in [0.25, 0.3) is 0 Å². The third-order valence-electron chi connectivity index (χ3n) is 3.34. The molecule has 0 amide bonds. The van der Waals surface area contributed by atoms with Gasteiger partial charge in [-0.3, -0.25) is 4.98 Å². The van der Waals surface area contributed by atoms with Crippen LogP contribution in [0.3, 0.4) is 0 Å². The summed E-state index contributed by atoms with van der Waals surface area (Å²) in [4.78, 5) is 4.17. The molecule has 1 aromatic heterocycles. The van der Waals surface area contributed by atoms with Crippen LogP contribution in [0, 0.1) is 13.8 Å². The van der Waals surface area contributed by atoms with Crippen molar-refractivity contribution in [3.63, 3.8) is 0 Å². The van der Waals surface area contributed by atoms with Crippen LogP contribution in [0.2, 0.25) is 0 Å². The van der Waals surface area contributed by atoms with Crippen molar-refractivity contribution in [3.8, 4) is 11.5 Å². The molecule has 1 aromatic carbocycles. The molecule has 0 unspecified atom stereocenters. The van der Waals surface area contributed by atoms with Gasteiger partial charge in [-0.15, -0.1) is 0 Å². The summed E-state index contributed by atoms with van der Waals surface area (Å²) in [5, 5.41) is 9.34. The van der Waals surface area contributed by atoms with Gasteiger partial charge in [0.1, 0.15) is 11.5 Å². The highest BCUT2D eigenvalue weighted by Gasteiger charge is 2.08. The zero-order valence-corrected chi connectivity index (χ0v) is 12.5. The van der Waals surface area contributed by atoms with E-state index >= 15 is 0 Å². The van der Waals surface area contributed by atoms with Crippen molar-refractivity contribution in [1.29, 1.82) is 0 Å². The molecule has 2 rings (SSSR count). The predicted molar refractivity (Wildman–Crippen MR) is 80.2 cm³/mol. The number of rotatable bonds is 4. The van der Waals surface area contributed by atoms with Crippen molar-refractivity contribution in [2.24, 2.45) is 0 Å². The molecule has 0 spiro atoms. The Kier molecular flexibility index (Phi) is 4.40. The van der Waals surface area contributed by atoms with Crippen LogP contribution in [-0.2, 0) is 6.61 Å². The first kappa shape index (κ1) is 14.5. The quantitative estimate of drug-likeness (QED) is 0.910. The number of nitrogens with zero attached hydrogens (tertiary/aromatic N) is 1. The van der Waals surface area contributed by atoms with Crippen LogP contribution in [0.15, 0.2) is 30.5 Å². The average Bonchev–Trinajstić information content (AvgIpc) is 2.38. The van der Waals surface area contributed by atoms with E-state index in [2.05, 4.69) is 31.8 Å². The SMILES string of the molecule is Cc1cc(Oc2ccc(C(C)C)c(C)c2)c(CO)cn1. The van der Waals surface area contributed by atoms with Gasteiger partial charge < -0.3 is 9.84 Å². The van der Waals surface area contributed by atoms with Crippen molar-refractivity contribution in [3.05, 3.63) is 52.8 Å². The second-order valence-electron chi connectivity index (χ2n) is 5.37. The van der Waals surface area contributed by atoms with E-state index in [4.69, 9.17) is 4.74 Å². The molecule has 20 heavy (non-hydrogen) atoms. The van der Waals surface area contributed by atoms with E-state index in [0.717, 1.165) is 11.4 Å². The van der Waals surface area contributed by atoms with Crippen molar-refractivity contribution in [2.75, 3.05) is 0 Å². The van der Waals surface area contributed by atoms with E-state index in [1.807, 2.05) is 25.1 Å². The highest BCUT2D eigenvalue weighted by molar-refractivity contribution is 5.41. The van der Waals surface area contributed by atoms with Gasteiger partial charge >= 0.3 is 0 Å². The van der Waals surface area contributed by atoms with Crippen molar-refractivity contribution in [2.45, 2.75) is 40.2 Å². The van der Waals surface area contributed by atoms with Crippen molar-refractivity contribution >= 4 is 0 Å². The Balaban J connectivity index is 2.31. The molecular weight excluding hydrogens is 250 g/mol. The molecule has 0 aliphatic heterocycles. The number of aliphatic hydroxyl groups excluding tert-OH is 1. The number of aromatic nitrogens is 1. The standard InChI is InChI=1S/C17H21NO2/c1-11(2)16-6-5-15(7-12(16)3)20-17-8-13(4)18-9-14(17)10-19/h5-9,11,19H,10H2,1-4H3. The topological polar surface area (TPSA) is 42.4 Å². The van der Waals surface area contributed by atoms with Gasteiger partial charge in [0.15, 0.2) is 0 Å². The third-order valence-corrected chi connectivity index (χ3v) is 3.34. The summed E-state index contributed by atoms with van der Waals surface area (Å²) in [6.07, 6.45) is 1.65. The van der Waals surface area contributed by atoms with Crippen LogP contribution < -0.4 is 4.74 Å². The molecule has 0 saturated carbocycles. The maximum atomic E-state index is 9.34. The van der Waals surface area contributed by atoms with E-state index in [-0.39, 0.29) is 6.61 Å². The molecule has 106 valence electrons. The molecule has 2 aromatic rings. The van der Waals surface area contributed by atoms with Gasteiger partial charge in [0.25, 0.3) is 0 Å². The number of ether oxygens (including phenoxy) is 1. The maximum Gasteiger partial charge on any atom is 0.136 e. The maximum absolute atomic E-state index is 9.34. The summed E-state index contributed by atoms with van der Waals surface area (Å²) in [6, 6.07) is 7.95. The zero-order valence-electron chi connectivity index (χ0n) is 12.5. The van der Waals surface area contributed by atoms with Gasteiger partial charge in [-0.05, 0) is 43.0 Å². The lowest BCUT2D eigenvalue weighted by molar-refractivity contribution is 0.276. The third kappa shape index (κ3) is 3.17. The van der Waals surface area contributed by atoms with Gasteiger partial charge in [0.05, 0.1) is 6.61 Å². The van der Waals surface area contributed by atoms with Crippen LogP contribution in [0.1, 0.15) is 42.1 Å². The van der Waals surface area contributed by atoms with E-state index in [1.165, 1.54) is 11.1 Å². The second kappa shape index (κ2) is 6.06. The summed E-state index contributed by atoms with van der Waals surface area (Å²) in [6.45, 7) is 8.28. The summed E-state index contributed by atoms with van der Waals surface area (Å²) in [7, 11) is 0. The number of benzene rings is 1. The molecule has 0 aliphatic rings. The molecule has 1 N–H and O–H groups in total. The van der Waals surface area contributed by atoms with Gasteiger partial charge in [-0.1, -0.05) is 19.9 Å². The van der Waals surface area contributed by atoms with Gasteiger partial charge in [-0.2, -0.15) is 0 Å². The average molecular weight is 271 g/mol. The molecule has 3 nitrogen and oxygen atoms in total. The van der Waals surface area contributed by atoms with E-state index in [1.54, 1.807) is 6.20 Å². The molecule has 0 bridgehead atoms. The number of pyridine rings is 1. The van der Waals surface area contributed by atoms with Crippen LogP contribution >= 0.6 is 0 Å². The van der Waals surface area contributed by atoms with E-state index in [9.17, 15) is 5.11 Å². The summed E-state index contributed by atoms with van der Waals surface area (Å²) < 4.78 is 5.90. The highest BCUT2D eigenvalue weighted by Crippen LogP contribution is 2.29. The first-order valence-corrected chi connectivity index (χ1v) is 6.86. The van der Waals surface area contributed by atoms with Crippen molar-refractivity contribution < 1.29 is 9.84 Å². The number of aliphatic hydroxyl groups is 1. The smallest absolute Gasteiger partial charge is 0.136 e. The Morgan fingerprint density at radius 1 is 1.20 bits per heavy atom. The minimum atomic E-state index is -0.0777. The summed E-state index contributed by atoms with van der Waals surface area (Å²) in [5.74, 6) is 1.95. The normalized spacial score (nSPS) is 10.9. The molecule has 0 saturated heterocycles. The minimum Gasteiger partial charge on any atom is -0.457 e. The highest BCUT2D eigenvalue weighted by atomic mass is 16.5. The van der Waals surface area contributed by atoms with E-state index in [0.29, 0.717) is 17.2 Å². The second-order valence-corrected chi connectivity index (χ2v) is 5.37. The lowest BCUT2D eigenvalue weighted by Crippen LogP contribution is -1.96. The number of aryl methyl sites for hydroxylation is 2. The van der Waals surface area contributed by atoms with Gasteiger partial charge in [0.2, 0.25) is 0 Å². The first-order chi connectivity index (χ1) is 9.51. The predicted octanol–water partition coefficient (Wildman–Crippen LogP) is 4.11.